The van der Waals surface area contributed by atoms with Gasteiger partial charge >= 0.3 is 47.4 Å². The molecule has 0 fully saturated rings. The Kier molecular flexibility index (Phi) is 7.00. The second-order valence-electron chi connectivity index (χ2n) is 6.32. The van der Waals surface area contributed by atoms with Crippen LogP contribution in [0.1, 0.15) is 32.7 Å². The number of hydrogen-bond donors (Lipinski definition) is 1. The standard InChI is InChI=1S/C18H17F3N4O4.Na.H/c1-4-29-16(27)10(3)25-13-7-11(5-6-12(13)9(2)23-25)24-15(26)8-14(18(19,20)21)22-17(24)28;;/h5-8,10H,4H2,1-3H3,(H,22,28);;/q;+1;-1. The molecular weight excluding hydrogens is 416 g/mol. The number of alkyl halides is 3. The smallest absolute Gasteiger partial charge is 1.00 e. The zero-order chi connectivity index (χ0) is 21.5. The van der Waals surface area contributed by atoms with Crippen LogP contribution >= 0.6 is 0 Å². The maximum atomic E-state index is 12.8. The summed E-state index contributed by atoms with van der Waals surface area (Å²) in [4.78, 5) is 38.1. The van der Waals surface area contributed by atoms with E-state index in [0.29, 0.717) is 27.2 Å². The van der Waals surface area contributed by atoms with E-state index in [0.717, 1.165) is 0 Å². The maximum absolute atomic E-state index is 12.8. The van der Waals surface area contributed by atoms with Crippen LogP contribution in [0.25, 0.3) is 16.6 Å². The third kappa shape index (κ3) is 4.37. The summed E-state index contributed by atoms with van der Waals surface area (Å²) in [7, 11) is 0. The Morgan fingerprint density at radius 3 is 2.53 bits per heavy atom. The van der Waals surface area contributed by atoms with Crippen LogP contribution in [0.2, 0.25) is 0 Å². The summed E-state index contributed by atoms with van der Waals surface area (Å²) in [6, 6.07) is 3.93. The van der Waals surface area contributed by atoms with Crippen molar-refractivity contribution in [1.29, 1.82) is 0 Å². The minimum absolute atomic E-state index is 0. The fraction of sp³-hybridized carbons (Fsp3) is 0.333. The summed E-state index contributed by atoms with van der Waals surface area (Å²) in [5, 5.41) is 4.97. The van der Waals surface area contributed by atoms with Gasteiger partial charge in [-0.15, -0.1) is 0 Å². The van der Waals surface area contributed by atoms with Crippen molar-refractivity contribution in [3.8, 4) is 5.69 Å². The number of fused-ring (bicyclic) bond motifs is 1. The Hall–Kier alpha value is -2.37. The number of H-pyrrole nitrogens is 1. The Morgan fingerprint density at radius 2 is 1.97 bits per heavy atom. The molecule has 0 spiro atoms. The number of nitrogens with one attached hydrogen (secondary N) is 1. The van der Waals surface area contributed by atoms with Gasteiger partial charge in [0.15, 0.2) is 0 Å². The predicted molar refractivity (Wildman–Crippen MR) is 98.1 cm³/mol. The summed E-state index contributed by atoms with van der Waals surface area (Å²) >= 11 is 0. The molecule has 0 aliphatic carbocycles. The van der Waals surface area contributed by atoms with Crippen molar-refractivity contribution >= 4 is 16.9 Å². The summed E-state index contributed by atoms with van der Waals surface area (Å²) in [5.74, 6) is -0.521. The van der Waals surface area contributed by atoms with Crippen molar-refractivity contribution in [2.75, 3.05) is 6.61 Å². The van der Waals surface area contributed by atoms with E-state index in [1.165, 1.54) is 16.8 Å². The zero-order valence-corrected chi connectivity index (χ0v) is 18.7. The number of benzene rings is 1. The average Bonchev–Trinajstić information content (AvgIpc) is 2.96. The number of ether oxygens (including phenoxy) is 1. The molecule has 0 aliphatic heterocycles. The van der Waals surface area contributed by atoms with Gasteiger partial charge in [-0.05, 0) is 39.0 Å². The molecule has 2 aromatic heterocycles. The van der Waals surface area contributed by atoms with Crippen molar-refractivity contribution in [1.82, 2.24) is 19.3 Å². The molecule has 0 amide bonds. The Labute approximate surface area is 191 Å². The molecule has 30 heavy (non-hydrogen) atoms. The number of esters is 1. The van der Waals surface area contributed by atoms with Gasteiger partial charge in [-0.25, -0.2) is 14.2 Å². The maximum Gasteiger partial charge on any atom is 1.00 e. The van der Waals surface area contributed by atoms with E-state index in [1.807, 2.05) is 0 Å². The summed E-state index contributed by atoms with van der Waals surface area (Å²) in [6.45, 7) is 5.14. The van der Waals surface area contributed by atoms with E-state index in [4.69, 9.17) is 4.74 Å². The molecule has 0 aliphatic rings. The number of rotatable bonds is 4. The molecule has 3 aromatic rings. The first-order chi connectivity index (χ1) is 13.5. The largest absolute Gasteiger partial charge is 1.00 e. The molecule has 1 unspecified atom stereocenters. The van der Waals surface area contributed by atoms with Crippen LogP contribution in [0.4, 0.5) is 13.2 Å². The molecule has 1 atom stereocenters. The minimum atomic E-state index is -4.85. The van der Waals surface area contributed by atoms with Gasteiger partial charge < -0.3 is 11.1 Å². The summed E-state index contributed by atoms with van der Waals surface area (Å²) in [6.07, 6.45) is -4.85. The van der Waals surface area contributed by atoms with Crippen LogP contribution in [0, 0.1) is 6.92 Å². The SMILES string of the molecule is CCOC(=O)C(C)n1nc(C)c2ccc(-n3c(=O)cc(C(F)(F)F)[nH]c3=O)cc21.[H-].[Na+]. The number of aryl methyl sites for hydroxylation is 1. The van der Waals surface area contributed by atoms with Gasteiger partial charge in [-0.3, -0.25) is 9.48 Å². The van der Waals surface area contributed by atoms with Gasteiger partial charge in [0, 0.05) is 11.5 Å². The van der Waals surface area contributed by atoms with Crippen LogP contribution in [-0.4, -0.2) is 31.9 Å². The van der Waals surface area contributed by atoms with Gasteiger partial charge in [-0.2, -0.15) is 18.3 Å². The zero-order valence-electron chi connectivity index (χ0n) is 17.7. The summed E-state index contributed by atoms with van der Waals surface area (Å²) < 4.78 is 45.4. The first-order valence-corrected chi connectivity index (χ1v) is 8.64. The number of hydrogen-bond acceptors (Lipinski definition) is 5. The molecule has 0 radical (unpaired) electrons. The Balaban J connectivity index is 0.00000240. The van der Waals surface area contributed by atoms with E-state index < -0.39 is 35.1 Å². The third-order valence-electron chi connectivity index (χ3n) is 4.37. The molecular formula is C18H18F3N4NaO4. The van der Waals surface area contributed by atoms with Crippen molar-refractivity contribution in [2.24, 2.45) is 0 Å². The van der Waals surface area contributed by atoms with Crippen LogP contribution in [0.5, 0.6) is 0 Å². The predicted octanol–water partition coefficient (Wildman–Crippen LogP) is -0.557. The average molecular weight is 434 g/mol. The molecule has 3 rings (SSSR count). The van der Waals surface area contributed by atoms with E-state index in [-0.39, 0.29) is 43.3 Å². The number of carbonyl (C=O) groups excluding carboxylic acids is 1. The van der Waals surface area contributed by atoms with E-state index >= 15 is 0 Å². The van der Waals surface area contributed by atoms with Gasteiger partial charge in [0.05, 0.1) is 23.5 Å². The summed E-state index contributed by atoms with van der Waals surface area (Å²) in [5.41, 5.74) is -2.74. The van der Waals surface area contributed by atoms with Crippen molar-refractivity contribution in [3.63, 3.8) is 0 Å². The number of aromatic nitrogens is 4. The molecule has 156 valence electrons. The molecule has 8 nitrogen and oxygen atoms in total. The molecule has 2 heterocycles. The van der Waals surface area contributed by atoms with Gasteiger partial charge in [0.1, 0.15) is 11.7 Å². The van der Waals surface area contributed by atoms with E-state index in [2.05, 4.69) is 5.10 Å². The normalized spacial score (nSPS) is 12.5. The van der Waals surface area contributed by atoms with E-state index in [1.54, 1.807) is 31.8 Å². The number of halogens is 3. The van der Waals surface area contributed by atoms with Crippen LogP contribution < -0.4 is 40.8 Å². The Bertz CT molecular complexity index is 1190. The topological polar surface area (TPSA) is 99.0 Å². The molecule has 0 bridgehead atoms. The first-order valence-electron chi connectivity index (χ1n) is 8.64. The van der Waals surface area contributed by atoms with Crippen LogP contribution in [0.3, 0.4) is 0 Å². The molecule has 0 saturated carbocycles. The van der Waals surface area contributed by atoms with E-state index in [9.17, 15) is 27.6 Å². The second kappa shape index (κ2) is 8.78. The quantitative estimate of drug-likeness (QED) is 0.439. The number of nitrogens with zero attached hydrogens (tertiary/aromatic N) is 3. The number of carbonyl (C=O) groups is 1. The monoisotopic (exact) mass is 434 g/mol. The van der Waals surface area contributed by atoms with Crippen molar-refractivity contribution in [3.05, 3.63) is 56.5 Å². The Morgan fingerprint density at radius 1 is 1.30 bits per heavy atom. The fourth-order valence-corrected chi connectivity index (χ4v) is 2.97. The van der Waals surface area contributed by atoms with Crippen LogP contribution in [-0.2, 0) is 15.7 Å². The van der Waals surface area contributed by atoms with Crippen molar-refractivity contribution in [2.45, 2.75) is 33.0 Å². The molecule has 1 aromatic carbocycles. The molecule has 0 saturated heterocycles. The van der Waals surface area contributed by atoms with Crippen molar-refractivity contribution < 1.29 is 53.7 Å². The van der Waals surface area contributed by atoms with Gasteiger partial charge in [0.2, 0.25) is 0 Å². The molecule has 1 N–H and O–H groups in total. The second-order valence-corrected chi connectivity index (χ2v) is 6.32. The fourth-order valence-electron chi connectivity index (χ4n) is 2.97. The minimum Gasteiger partial charge on any atom is -1.00 e. The molecule has 12 heteroatoms. The van der Waals surface area contributed by atoms with Gasteiger partial charge in [0.25, 0.3) is 5.56 Å². The first kappa shape index (κ1) is 23.9. The van der Waals surface area contributed by atoms with Gasteiger partial charge in [-0.1, -0.05) is 0 Å². The third-order valence-corrected chi connectivity index (χ3v) is 4.37. The van der Waals surface area contributed by atoms with Crippen LogP contribution in [0.15, 0.2) is 33.9 Å². The number of aromatic amines is 1.